The van der Waals surface area contributed by atoms with Gasteiger partial charge in [0.25, 0.3) is 0 Å². The number of nitrogens with zero attached hydrogens (tertiary/aromatic N) is 1. The molecule has 0 aliphatic heterocycles. The van der Waals surface area contributed by atoms with Gasteiger partial charge in [0.1, 0.15) is 0 Å². The van der Waals surface area contributed by atoms with Gasteiger partial charge in [0.2, 0.25) is 0 Å². The fraction of sp³-hybridized carbons (Fsp3) is 0.400. The highest BCUT2D eigenvalue weighted by Crippen LogP contribution is 1.56. The fourth-order valence-electron chi connectivity index (χ4n) is 0.214. The van der Waals surface area contributed by atoms with Crippen LogP contribution in [0.25, 0.3) is 0 Å². The molecule has 0 atom stereocenters. The van der Waals surface area contributed by atoms with E-state index in [1.807, 2.05) is 19.2 Å². The van der Waals surface area contributed by atoms with Crippen molar-refractivity contribution in [3.8, 4) is 0 Å². The summed E-state index contributed by atoms with van der Waals surface area (Å²) in [7, 11) is 1.72. The van der Waals surface area contributed by atoms with E-state index in [4.69, 9.17) is 0 Å². The van der Waals surface area contributed by atoms with Crippen molar-refractivity contribution in [3.63, 3.8) is 0 Å². The molecule has 7 heavy (non-hydrogen) atoms. The molecule has 0 spiro atoms. The van der Waals surface area contributed by atoms with Gasteiger partial charge in [0, 0.05) is 7.05 Å². The van der Waals surface area contributed by atoms with Gasteiger partial charge in [-0.05, 0) is 13.1 Å². The van der Waals surface area contributed by atoms with Crippen LogP contribution in [0.5, 0.6) is 0 Å². The molecule has 0 aromatic carbocycles. The Kier molecular flexibility index (Phi) is 4.62. The van der Waals surface area contributed by atoms with Crippen molar-refractivity contribution in [2.24, 2.45) is 4.99 Å². The molecule has 2 heteroatoms. The van der Waals surface area contributed by atoms with Gasteiger partial charge in [-0.25, -0.2) is 0 Å². The minimum Gasteiger partial charge on any atom is -0.353 e. The first-order valence-corrected chi connectivity index (χ1v) is 2.19. The van der Waals surface area contributed by atoms with Gasteiger partial charge in [-0.2, -0.15) is 0 Å². The maximum atomic E-state index is 3.69. The van der Waals surface area contributed by atoms with E-state index in [0.29, 0.717) is 0 Å². The van der Waals surface area contributed by atoms with Crippen LogP contribution in [0.2, 0.25) is 0 Å². The van der Waals surface area contributed by atoms with Crippen LogP contribution in [-0.2, 0) is 0 Å². The third-order valence-electron chi connectivity index (χ3n) is 0.467. The Morgan fingerprint density at radius 1 is 1.57 bits per heavy atom. The molecule has 0 aliphatic carbocycles. The Labute approximate surface area is 44.0 Å². The van der Waals surface area contributed by atoms with Gasteiger partial charge in [0.15, 0.2) is 0 Å². The molecular formula is C5H10N2. The minimum atomic E-state index is 1.62. The molecule has 0 aliphatic rings. The smallest absolute Gasteiger partial charge is 0.0859 e. The summed E-state index contributed by atoms with van der Waals surface area (Å²) in [5, 5.41) is 2.81. The number of hydrogen-bond acceptors (Lipinski definition) is 1. The van der Waals surface area contributed by atoms with Crippen LogP contribution in [0.4, 0.5) is 0 Å². The lowest BCUT2D eigenvalue weighted by molar-refractivity contribution is 1.27. The lowest BCUT2D eigenvalue weighted by Crippen LogP contribution is -1.98. The van der Waals surface area contributed by atoms with Crippen LogP contribution in [0.1, 0.15) is 6.92 Å². The van der Waals surface area contributed by atoms with E-state index in [0.717, 1.165) is 0 Å². The molecule has 0 rings (SSSR count). The lowest BCUT2D eigenvalue weighted by Gasteiger charge is -1.80. The summed E-state index contributed by atoms with van der Waals surface area (Å²) in [5.41, 5.74) is 0. The second-order valence-electron chi connectivity index (χ2n) is 1.05. The summed E-state index contributed by atoms with van der Waals surface area (Å²) in [6.07, 6.45) is 5.34. The Balaban J connectivity index is 2.98. The van der Waals surface area contributed by atoms with Gasteiger partial charge in [-0.3, -0.25) is 4.99 Å². The van der Waals surface area contributed by atoms with Crippen LogP contribution in [0.15, 0.2) is 17.3 Å². The van der Waals surface area contributed by atoms with Gasteiger partial charge < -0.3 is 5.32 Å². The third kappa shape index (κ3) is 5.21. The van der Waals surface area contributed by atoms with Crippen molar-refractivity contribution in [2.75, 3.05) is 7.05 Å². The number of allylic oxidation sites excluding steroid dienone is 1. The van der Waals surface area contributed by atoms with Gasteiger partial charge in [-0.1, -0.05) is 6.08 Å². The van der Waals surface area contributed by atoms with Gasteiger partial charge >= 0.3 is 0 Å². The topological polar surface area (TPSA) is 24.4 Å². The highest BCUT2D eigenvalue weighted by Gasteiger charge is 1.56. The molecule has 0 amide bonds. The molecule has 0 radical (unpaired) electrons. The first kappa shape index (κ1) is 6.21. The normalized spacial score (nSPS) is 11.1. The molecule has 0 unspecified atom stereocenters. The maximum Gasteiger partial charge on any atom is 0.0859 e. The molecule has 0 aromatic rings. The number of nitrogens with one attached hydrogen (secondary N) is 1. The standard InChI is InChI=1S/C5H10N2/c1-3-4-7-5-6-2/h3-5H,1-2H3,(H,6,7)/b4-3-. The molecule has 0 saturated carbocycles. The first-order chi connectivity index (χ1) is 3.41. The maximum absolute atomic E-state index is 3.69. The van der Waals surface area contributed by atoms with E-state index < -0.39 is 0 Å². The third-order valence-corrected chi connectivity index (χ3v) is 0.467. The highest BCUT2D eigenvalue weighted by atomic mass is 14.9. The summed E-state index contributed by atoms with van der Waals surface area (Å²) in [6.45, 7) is 1.94. The molecule has 0 aromatic heterocycles. The monoisotopic (exact) mass is 98.1 g/mol. The molecule has 40 valence electrons. The average Bonchev–Trinajstić information content (AvgIpc) is 1.69. The second-order valence-corrected chi connectivity index (χ2v) is 1.05. The predicted octanol–water partition coefficient (Wildman–Crippen LogP) is 0.768. The number of rotatable bonds is 2. The zero-order valence-corrected chi connectivity index (χ0v) is 4.68. The molecule has 0 fully saturated rings. The van der Waals surface area contributed by atoms with E-state index in [-0.39, 0.29) is 0 Å². The fourth-order valence-corrected chi connectivity index (χ4v) is 0.214. The quantitative estimate of drug-likeness (QED) is 0.400. The van der Waals surface area contributed by atoms with Crippen LogP contribution in [-0.4, -0.2) is 13.4 Å². The Morgan fingerprint density at radius 3 is 2.71 bits per heavy atom. The Hall–Kier alpha value is -0.790. The van der Waals surface area contributed by atoms with Crippen LogP contribution >= 0.6 is 0 Å². The van der Waals surface area contributed by atoms with E-state index >= 15 is 0 Å². The van der Waals surface area contributed by atoms with Crippen LogP contribution < -0.4 is 5.32 Å². The first-order valence-electron chi connectivity index (χ1n) is 2.19. The average molecular weight is 98.1 g/mol. The lowest BCUT2D eigenvalue weighted by atomic mass is 10.7. The Morgan fingerprint density at radius 2 is 2.29 bits per heavy atom. The molecule has 1 N–H and O–H groups in total. The van der Waals surface area contributed by atoms with Gasteiger partial charge in [0.05, 0.1) is 6.34 Å². The number of aliphatic imine (C=N–C) groups is 1. The van der Waals surface area contributed by atoms with Gasteiger partial charge in [-0.15, -0.1) is 0 Å². The summed E-state index contributed by atoms with van der Waals surface area (Å²) < 4.78 is 0. The summed E-state index contributed by atoms with van der Waals surface area (Å²) in [6, 6.07) is 0. The van der Waals surface area contributed by atoms with E-state index in [1.54, 1.807) is 13.4 Å². The predicted molar refractivity (Wildman–Crippen MR) is 32.4 cm³/mol. The molecule has 0 bridgehead atoms. The molecule has 0 heterocycles. The van der Waals surface area contributed by atoms with Crippen molar-refractivity contribution in [1.82, 2.24) is 5.32 Å². The highest BCUT2D eigenvalue weighted by molar-refractivity contribution is 5.55. The van der Waals surface area contributed by atoms with Crippen molar-refractivity contribution >= 4 is 6.34 Å². The van der Waals surface area contributed by atoms with Crippen molar-refractivity contribution in [3.05, 3.63) is 12.3 Å². The largest absolute Gasteiger partial charge is 0.353 e. The van der Waals surface area contributed by atoms with E-state index in [9.17, 15) is 0 Å². The van der Waals surface area contributed by atoms with Crippen LogP contribution in [0, 0.1) is 0 Å². The van der Waals surface area contributed by atoms with Crippen LogP contribution in [0.3, 0.4) is 0 Å². The van der Waals surface area contributed by atoms with Crippen molar-refractivity contribution in [2.45, 2.75) is 6.92 Å². The second kappa shape index (κ2) is 5.21. The molecule has 2 nitrogen and oxygen atoms in total. The van der Waals surface area contributed by atoms with Crippen molar-refractivity contribution in [1.29, 1.82) is 0 Å². The molecular weight excluding hydrogens is 88.1 g/mol. The molecule has 0 saturated heterocycles. The zero-order chi connectivity index (χ0) is 5.54. The zero-order valence-electron chi connectivity index (χ0n) is 4.68. The Bertz CT molecular complexity index is 64.1. The SMILES string of the molecule is C/C=C\N/C=N\C. The van der Waals surface area contributed by atoms with E-state index in [1.165, 1.54) is 0 Å². The van der Waals surface area contributed by atoms with Crippen molar-refractivity contribution < 1.29 is 0 Å². The summed E-state index contributed by atoms with van der Waals surface area (Å²) in [4.78, 5) is 3.69. The summed E-state index contributed by atoms with van der Waals surface area (Å²) >= 11 is 0. The summed E-state index contributed by atoms with van der Waals surface area (Å²) in [5.74, 6) is 0. The minimum absolute atomic E-state index is 1.62. The number of hydrogen-bond donors (Lipinski definition) is 1. The van der Waals surface area contributed by atoms with E-state index in [2.05, 4.69) is 10.3 Å².